The summed E-state index contributed by atoms with van der Waals surface area (Å²) >= 11 is 0. The summed E-state index contributed by atoms with van der Waals surface area (Å²) in [6.45, 7) is 1.71. The van der Waals surface area contributed by atoms with E-state index in [1.807, 2.05) is 24.4 Å². The Kier molecular flexibility index (Phi) is 6.38. The molecule has 0 unspecified atom stereocenters. The van der Waals surface area contributed by atoms with E-state index in [1.54, 1.807) is 12.3 Å². The van der Waals surface area contributed by atoms with Crippen LogP contribution in [0.25, 0.3) is 22.2 Å². The van der Waals surface area contributed by atoms with Gasteiger partial charge in [0.05, 0.1) is 18.9 Å². The fourth-order valence-electron chi connectivity index (χ4n) is 4.43. The molecule has 186 valence electrons. The molecule has 36 heavy (non-hydrogen) atoms. The van der Waals surface area contributed by atoms with E-state index in [-0.39, 0.29) is 24.0 Å². The van der Waals surface area contributed by atoms with Crippen LogP contribution in [0.1, 0.15) is 27.0 Å². The van der Waals surface area contributed by atoms with Gasteiger partial charge in [0.25, 0.3) is 5.91 Å². The lowest BCUT2D eigenvalue weighted by Crippen LogP contribution is -2.16. The summed E-state index contributed by atoms with van der Waals surface area (Å²) in [5.41, 5.74) is 5.42. The van der Waals surface area contributed by atoms with Crippen molar-refractivity contribution in [2.75, 3.05) is 19.9 Å². The molecule has 0 fully saturated rings. The molecule has 2 aromatic heterocycles. The first kappa shape index (κ1) is 23.8. The van der Waals surface area contributed by atoms with E-state index in [1.165, 1.54) is 12.7 Å². The normalized spacial score (nSPS) is 13.0. The minimum absolute atomic E-state index is 0.0351. The summed E-state index contributed by atoms with van der Waals surface area (Å²) in [6, 6.07) is 13.8. The predicted molar refractivity (Wildman–Crippen MR) is 137 cm³/mol. The van der Waals surface area contributed by atoms with Crippen molar-refractivity contribution in [3.63, 3.8) is 0 Å². The molecule has 4 aromatic rings. The molecule has 5 rings (SSSR count). The lowest BCUT2D eigenvalue weighted by atomic mass is 9.98. The highest BCUT2D eigenvalue weighted by molar-refractivity contribution is 7.86. The molecule has 0 bridgehead atoms. The number of nitrogens with one attached hydrogen (secondary N) is 3. The number of fused-ring (bicyclic) bond motifs is 2. The molecule has 0 saturated carbocycles. The van der Waals surface area contributed by atoms with Crippen molar-refractivity contribution in [1.82, 2.24) is 20.6 Å². The van der Waals surface area contributed by atoms with Gasteiger partial charge in [-0.15, -0.1) is 0 Å². The molecule has 1 aliphatic rings. The highest BCUT2D eigenvalue weighted by Gasteiger charge is 2.31. The molecule has 3 N–H and O–H groups in total. The molecule has 10 heteroatoms. The van der Waals surface area contributed by atoms with Crippen LogP contribution in [0, 0.1) is 0 Å². The monoisotopic (exact) mass is 506 g/mol. The number of aromatic amines is 1. The smallest absolute Gasteiger partial charge is 0.306 e. The Balaban J connectivity index is 1.42. The van der Waals surface area contributed by atoms with Crippen LogP contribution in [0.4, 0.5) is 0 Å². The number of hydrogen-bond acceptors (Lipinski definition) is 7. The first-order chi connectivity index (χ1) is 17.3. The number of H-pyrrole nitrogens is 1. The van der Waals surface area contributed by atoms with Gasteiger partial charge < -0.3 is 24.5 Å². The van der Waals surface area contributed by atoms with Crippen LogP contribution < -0.4 is 19.6 Å². The topological polar surface area (TPSA) is 122 Å². The molecule has 0 radical (unpaired) electrons. The summed E-state index contributed by atoms with van der Waals surface area (Å²) in [5.74, 6) is -0.0196. The van der Waals surface area contributed by atoms with E-state index in [0.29, 0.717) is 16.7 Å². The zero-order valence-corrected chi connectivity index (χ0v) is 20.7. The number of rotatable bonds is 9. The van der Waals surface area contributed by atoms with E-state index in [0.717, 1.165) is 47.9 Å². The summed E-state index contributed by atoms with van der Waals surface area (Å²) in [6.07, 6.45) is 5.51. The van der Waals surface area contributed by atoms with E-state index >= 15 is 0 Å². The van der Waals surface area contributed by atoms with Crippen LogP contribution in [-0.4, -0.2) is 44.2 Å². The third kappa shape index (κ3) is 4.91. The molecular formula is C26H26N4O5S. The number of carbonyl (C=O) groups excluding carboxylic acids is 1. The number of aromatic nitrogens is 2. The highest BCUT2D eigenvalue weighted by atomic mass is 32.2. The zero-order chi connectivity index (χ0) is 25.3. The van der Waals surface area contributed by atoms with Gasteiger partial charge >= 0.3 is 10.1 Å². The standard InChI is InChI=1S/C26H26N4O5S/c1-34-23-12-19(24-20(15-29-26(24)31)25(23)35-36(2,32)33)22-11-18-10-17(5-6-21(18)30-22)14-28-9-7-16-4-3-8-27-13-16/h3-6,8,10-13,28,30H,7,9,14-15H2,1-2H3,(H,29,31). The number of hydrogen-bond donors (Lipinski definition) is 3. The van der Waals surface area contributed by atoms with Gasteiger partial charge in [-0.25, -0.2) is 0 Å². The van der Waals surface area contributed by atoms with Gasteiger partial charge in [0, 0.05) is 53.2 Å². The lowest BCUT2D eigenvalue weighted by molar-refractivity contribution is 0.0966. The van der Waals surface area contributed by atoms with Gasteiger partial charge in [-0.3, -0.25) is 9.78 Å². The van der Waals surface area contributed by atoms with Crippen molar-refractivity contribution in [1.29, 1.82) is 0 Å². The summed E-state index contributed by atoms with van der Waals surface area (Å²) in [5, 5.41) is 7.22. The molecule has 0 aliphatic carbocycles. The van der Waals surface area contributed by atoms with E-state index < -0.39 is 10.1 Å². The number of pyridine rings is 1. The van der Waals surface area contributed by atoms with Crippen molar-refractivity contribution in [3.05, 3.63) is 77.1 Å². The van der Waals surface area contributed by atoms with Crippen molar-refractivity contribution in [2.45, 2.75) is 19.5 Å². The van der Waals surface area contributed by atoms with Gasteiger partial charge in [0.1, 0.15) is 0 Å². The van der Waals surface area contributed by atoms with Crippen LogP contribution in [0.5, 0.6) is 11.5 Å². The first-order valence-corrected chi connectivity index (χ1v) is 13.3. The maximum Gasteiger partial charge on any atom is 0.306 e. The van der Waals surface area contributed by atoms with E-state index in [9.17, 15) is 13.2 Å². The molecule has 0 atom stereocenters. The predicted octanol–water partition coefficient (Wildman–Crippen LogP) is 3.15. The van der Waals surface area contributed by atoms with Crippen LogP contribution in [0.15, 0.2) is 54.9 Å². The van der Waals surface area contributed by atoms with Gasteiger partial charge in [-0.1, -0.05) is 12.1 Å². The van der Waals surface area contributed by atoms with Crippen LogP contribution in [0.3, 0.4) is 0 Å². The quantitative estimate of drug-likeness (QED) is 0.235. The van der Waals surface area contributed by atoms with Gasteiger partial charge in [-0.2, -0.15) is 8.42 Å². The van der Waals surface area contributed by atoms with Crippen LogP contribution >= 0.6 is 0 Å². The highest BCUT2D eigenvalue weighted by Crippen LogP contribution is 2.43. The second kappa shape index (κ2) is 9.63. The van der Waals surface area contributed by atoms with Gasteiger partial charge in [-0.05, 0) is 54.4 Å². The minimum Gasteiger partial charge on any atom is -0.493 e. The third-order valence-corrected chi connectivity index (χ3v) is 6.54. The number of ether oxygens (including phenoxy) is 1. The van der Waals surface area contributed by atoms with Crippen molar-refractivity contribution in [3.8, 4) is 22.8 Å². The maximum absolute atomic E-state index is 12.7. The third-order valence-electron chi connectivity index (χ3n) is 6.07. The Bertz CT molecular complexity index is 1550. The molecule has 0 saturated heterocycles. The second-order valence-corrected chi connectivity index (χ2v) is 10.2. The Morgan fingerprint density at radius 1 is 1.14 bits per heavy atom. The Labute approximate surface area is 209 Å². The Morgan fingerprint density at radius 2 is 2.00 bits per heavy atom. The zero-order valence-electron chi connectivity index (χ0n) is 19.9. The van der Waals surface area contributed by atoms with Crippen molar-refractivity contribution >= 4 is 26.9 Å². The largest absolute Gasteiger partial charge is 0.493 e. The Morgan fingerprint density at radius 3 is 2.75 bits per heavy atom. The van der Waals surface area contributed by atoms with E-state index in [2.05, 4.69) is 38.8 Å². The van der Waals surface area contributed by atoms with Crippen molar-refractivity contribution < 1.29 is 22.1 Å². The average molecular weight is 507 g/mol. The van der Waals surface area contributed by atoms with Crippen LogP contribution in [0.2, 0.25) is 0 Å². The Hall–Kier alpha value is -3.89. The molecule has 2 aromatic carbocycles. The number of amides is 1. The fourth-order valence-corrected chi connectivity index (χ4v) is 4.92. The second-order valence-electron chi connectivity index (χ2n) is 8.67. The first-order valence-electron chi connectivity index (χ1n) is 11.5. The lowest BCUT2D eigenvalue weighted by Gasteiger charge is -2.15. The molecule has 3 heterocycles. The number of carbonyl (C=O) groups is 1. The number of benzene rings is 2. The van der Waals surface area contributed by atoms with Gasteiger partial charge in [0.15, 0.2) is 11.5 Å². The molecule has 1 amide bonds. The molecular weight excluding hydrogens is 480 g/mol. The summed E-state index contributed by atoms with van der Waals surface area (Å²) < 4.78 is 34.3. The van der Waals surface area contributed by atoms with Crippen LogP contribution in [-0.2, 0) is 29.6 Å². The fraction of sp³-hybridized carbons (Fsp3) is 0.231. The average Bonchev–Trinajstić information content (AvgIpc) is 3.45. The summed E-state index contributed by atoms with van der Waals surface area (Å²) in [7, 11) is -2.38. The molecule has 9 nitrogen and oxygen atoms in total. The van der Waals surface area contributed by atoms with E-state index in [4.69, 9.17) is 8.92 Å². The minimum atomic E-state index is -3.81. The summed E-state index contributed by atoms with van der Waals surface area (Å²) in [4.78, 5) is 20.2. The number of methoxy groups -OCH3 is 1. The molecule has 1 aliphatic heterocycles. The maximum atomic E-state index is 12.7. The molecule has 0 spiro atoms. The number of nitrogens with zero attached hydrogens (tertiary/aromatic N) is 1. The van der Waals surface area contributed by atoms with Crippen molar-refractivity contribution in [2.24, 2.45) is 0 Å². The SMILES string of the molecule is COc1cc(-c2cc3cc(CNCCc4cccnc4)ccc3[nH]2)c2c(c1OS(C)(=O)=O)CNC2=O. The van der Waals surface area contributed by atoms with Gasteiger partial charge in [0.2, 0.25) is 0 Å².